The molecule has 0 aliphatic rings. The summed E-state index contributed by atoms with van der Waals surface area (Å²) in [5.41, 5.74) is 0.975. The number of hydrogen-bond acceptors (Lipinski definition) is 2. The van der Waals surface area contributed by atoms with Crippen molar-refractivity contribution in [1.29, 1.82) is 0 Å². The second kappa shape index (κ2) is 8.15. The summed E-state index contributed by atoms with van der Waals surface area (Å²) >= 11 is 6.54. The summed E-state index contributed by atoms with van der Waals surface area (Å²) in [6.45, 7) is 0. The van der Waals surface area contributed by atoms with Crippen molar-refractivity contribution >= 4 is 38.1 Å². The zero-order chi connectivity index (χ0) is 11.0. The quantitative estimate of drug-likeness (QED) is 0.616. The average molecular weight is 324 g/mol. The van der Waals surface area contributed by atoms with Gasteiger partial charge in [-0.3, -0.25) is 0 Å². The minimum absolute atomic E-state index is 0.185. The van der Waals surface area contributed by atoms with Gasteiger partial charge in [0.1, 0.15) is 6.29 Å². The van der Waals surface area contributed by atoms with E-state index in [1.165, 1.54) is 0 Å². The molecular formula is C10H12Br2O2. The van der Waals surface area contributed by atoms with Gasteiger partial charge in [0.25, 0.3) is 0 Å². The van der Waals surface area contributed by atoms with Gasteiger partial charge in [-0.25, -0.2) is 0 Å². The fourth-order valence-corrected chi connectivity index (χ4v) is 1.29. The molecule has 0 saturated heterocycles. The molecule has 2 nitrogen and oxygen atoms in total. The van der Waals surface area contributed by atoms with Crippen LogP contribution in [0.1, 0.15) is 10.4 Å². The zero-order valence-corrected chi connectivity index (χ0v) is 11.2. The third-order valence-electron chi connectivity index (χ3n) is 1.31. The van der Waals surface area contributed by atoms with Gasteiger partial charge in [0, 0.05) is 18.7 Å². The number of aldehydes is 1. The molecule has 0 amide bonds. The van der Waals surface area contributed by atoms with Gasteiger partial charge in [0.05, 0.1) is 4.83 Å². The SMILES string of the molecule is COC.O=CC(Br)c1ccc(Br)cc1. The molecule has 0 saturated carbocycles. The highest BCUT2D eigenvalue weighted by Gasteiger charge is 2.03. The van der Waals surface area contributed by atoms with E-state index >= 15 is 0 Å². The van der Waals surface area contributed by atoms with Crippen molar-refractivity contribution in [2.24, 2.45) is 0 Å². The molecule has 4 heteroatoms. The topological polar surface area (TPSA) is 26.3 Å². The summed E-state index contributed by atoms with van der Waals surface area (Å²) in [6.07, 6.45) is 0.864. The van der Waals surface area contributed by atoms with Crippen LogP contribution in [0.2, 0.25) is 0 Å². The maximum atomic E-state index is 10.3. The Morgan fingerprint density at radius 2 is 1.71 bits per heavy atom. The monoisotopic (exact) mass is 322 g/mol. The van der Waals surface area contributed by atoms with Gasteiger partial charge < -0.3 is 9.53 Å². The molecule has 1 unspecified atom stereocenters. The van der Waals surface area contributed by atoms with Crippen molar-refractivity contribution in [3.05, 3.63) is 34.3 Å². The lowest BCUT2D eigenvalue weighted by molar-refractivity contribution is -0.107. The molecule has 0 N–H and O–H groups in total. The highest BCUT2D eigenvalue weighted by molar-refractivity contribution is 9.10. The highest BCUT2D eigenvalue weighted by atomic mass is 79.9. The van der Waals surface area contributed by atoms with Gasteiger partial charge in [0.2, 0.25) is 0 Å². The Morgan fingerprint density at radius 3 is 2.07 bits per heavy atom. The number of methoxy groups -OCH3 is 1. The van der Waals surface area contributed by atoms with Crippen molar-refractivity contribution in [3.8, 4) is 0 Å². The van der Waals surface area contributed by atoms with Crippen molar-refractivity contribution < 1.29 is 9.53 Å². The summed E-state index contributed by atoms with van der Waals surface area (Å²) in [6, 6.07) is 7.62. The van der Waals surface area contributed by atoms with E-state index < -0.39 is 0 Å². The molecule has 1 atom stereocenters. The Hall–Kier alpha value is -0.190. The predicted octanol–water partition coefficient (Wildman–Crippen LogP) is 3.35. The van der Waals surface area contributed by atoms with Gasteiger partial charge in [0.15, 0.2) is 0 Å². The molecular weight excluding hydrogens is 312 g/mol. The number of alkyl halides is 1. The van der Waals surface area contributed by atoms with Crippen LogP contribution in [0.15, 0.2) is 28.7 Å². The fourth-order valence-electron chi connectivity index (χ4n) is 0.725. The highest BCUT2D eigenvalue weighted by Crippen LogP contribution is 2.21. The van der Waals surface area contributed by atoms with E-state index in [1.54, 1.807) is 14.2 Å². The molecule has 1 aromatic carbocycles. The normalized spacial score (nSPS) is 11.1. The van der Waals surface area contributed by atoms with E-state index in [0.717, 1.165) is 16.3 Å². The van der Waals surface area contributed by atoms with Crippen molar-refractivity contribution in [2.75, 3.05) is 14.2 Å². The lowest BCUT2D eigenvalue weighted by Crippen LogP contribution is -1.88. The van der Waals surface area contributed by atoms with Gasteiger partial charge in [-0.05, 0) is 17.7 Å². The molecule has 14 heavy (non-hydrogen) atoms. The maximum Gasteiger partial charge on any atom is 0.138 e. The van der Waals surface area contributed by atoms with Gasteiger partial charge in [-0.1, -0.05) is 44.0 Å². The first kappa shape index (κ1) is 13.8. The predicted molar refractivity (Wildman–Crippen MR) is 64.8 cm³/mol. The first-order valence-electron chi connectivity index (χ1n) is 3.90. The summed E-state index contributed by atoms with van der Waals surface area (Å²) in [5, 5.41) is 0. The Kier molecular flexibility index (Phi) is 8.04. The molecule has 0 aliphatic heterocycles. The molecule has 1 rings (SSSR count). The Bertz CT molecular complexity index is 259. The van der Waals surface area contributed by atoms with Crippen LogP contribution < -0.4 is 0 Å². The van der Waals surface area contributed by atoms with E-state index in [4.69, 9.17) is 0 Å². The van der Waals surface area contributed by atoms with Crippen molar-refractivity contribution in [3.63, 3.8) is 0 Å². The Labute approximate surface area is 101 Å². The van der Waals surface area contributed by atoms with E-state index in [0.29, 0.717) is 0 Å². The van der Waals surface area contributed by atoms with Gasteiger partial charge in [-0.2, -0.15) is 0 Å². The Balaban J connectivity index is 0.000000500. The zero-order valence-electron chi connectivity index (χ0n) is 8.04. The average Bonchev–Trinajstić information content (AvgIpc) is 2.19. The smallest absolute Gasteiger partial charge is 0.138 e. The summed E-state index contributed by atoms with van der Waals surface area (Å²) in [5.74, 6) is 0. The van der Waals surface area contributed by atoms with E-state index in [2.05, 4.69) is 36.6 Å². The maximum absolute atomic E-state index is 10.3. The molecule has 0 fully saturated rings. The van der Waals surface area contributed by atoms with E-state index in [9.17, 15) is 4.79 Å². The van der Waals surface area contributed by atoms with Crippen LogP contribution in [0.4, 0.5) is 0 Å². The van der Waals surface area contributed by atoms with Crippen LogP contribution in [-0.4, -0.2) is 20.5 Å². The minimum Gasteiger partial charge on any atom is -0.388 e. The minimum atomic E-state index is -0.185. The fraction of sp³-hybridized carbons (Fsp3) is 0.300. The number of ether oxygens (including phenoxy) is 1. The molecule has 0 aromatic heterocycles. The van der Waals surface area contributed by atoms with Gasteiger partial charge in [-0.15, -0.1) is 0 Å². The number of hydrogen-bond donors (Lipinski definition) is 0. The van der Waals surface area contributed by atoms with Gasteiger partial charge >= 0.3 is 0 Å². The molecule has 1 aromatic rings. The van der Waals surface area contributed by atoms with Crippen molar-refractivity contribution in [1.82, 2.24) is 0 Å². The van der Waals surface area contributed by atoms with Crippen LogP contribution in [-0.2, 0) is 9.53 Å². The third kappa shape index (κ3) is 5.52. The number of carbonyl (C=O) groups is 1. The standard InChI is InChI=1S/C8H6Br2O.C2H6O/c9-7-3-1-6(2-4-7)8(10)5-11;1-3-2/h1-5,8H;1-2H3. The largest absolute Gasteiger partial charge is 0.388 e. The first-order valence-corrected chi connectivity index (χ1v) is 5.61. The molecule has 0 bridgehead atoms. The molecule has 0 radical (unpaired) electrons. The lowest BCUT2D eigenvalue weighted by atomic mass is 10.2. The van der Waals surface area contributed by atoms with Crippen LogP contribution in [0.5, 0.6) is 0 Å². The number of rotatable bonds is 2. The molecule has 0 spiro atoms. The third-order valence-corrected chi connectivity index (χ3v) is 2.58. The van der Waals surface area contributed by atoms with E-state index in [-0.39, 0.29) is 4.83 Å². The van der Waals surface area contributed by atoms with Crippen LogP contribution in [0, 0.1) is 0 Å². The second-order valence-electron chi connectivity index (χ2n) is 2.50. The van der Waals surface area contributed by atoms with Crippen LogP contribution >= 0.6 is 31.9 Å². The summed E-state index contributed by atoms with van der Waals surface area (Å²) < 4.78 is 5.27. The van der Waals surface area contributed by atoms with Crippen LogP contribution in [0.3, 0.4) is 0 Å². The Morgan fingerprint density at radius 1 is 1.29 bits per heavy atom. The summed E-state index contributed by atoms with van der Waals surface area (Å²) in [7, 11) is 3.25. The first-order chi connectivity index (χ1) is 6.65. The second-order valence-corrected chi connectivity index (χ2v) is 4.40. The van der Waals surface area contributed by atoms with E-state index in [1.807, 2.05) is 24.3 Å². The van der Waals surface area contributed by atoms with Crippen molar-refractivity contribution in [2.45, 2.75) is 4.83 Å². The summed E-state index contributed by atoms with van der Waals surface area (Å²) in [4.78, 5) is 10.1. The number of halogens is 2. The molecule has 78 valence electrons. The number of carbonyl (C=O) groups excluding carboxylic acids is 1. The number of benzene rings is 1. The van der Waals surface area contributed by atoms with Crippen LogP contribution in [0.25, 0.3) is 0 Å². The molecule has 0 aliphatic carbocycles. The molecule has 0 heterocycles. The lowest BCUT2D eigenvalue weighted by Gasteiger charge is -2.00.